The van der Waals surface area contributed by atoms with Crippen molar-refractivity contribution in [2.24, 2.45) is 0 Å². The van der Waals surface area contributed by atoms with Crippen LogP contribution < -0.4 is 25.8 Å². The summed E-state index contributed by atoms with van der Waals surface area (Å²) < 4.78 is 13.5. The molecule has 0 unspecified atom stereocenters. The molecule has 0 radical (unpaired) electrons. The predicted molar refractivity (Wildman–Crippen MR) is 123 cm³/mol. The standard InChI is InChI=1S/C23H22N6O4/c1-14-5-3-4-6-17(14)26-22-24-15(2)11-20-27-28(23(31)29(20)22)13-21(30)25-16-7-8-18-19(12-16)33-10-9-32-18/h3-8,11-12H,9-10,13H2,1-2H3,(H,24,26)(H,25,30). The first-order chi connectivity index (χ1) is 16.0. The van der Waals surface area contributed by atoms with Gasteiger partial charge in [-0.15, -0.1) is 5.10 Å². The Hall–Kier alpha value is -4.34. The maximum absolute atomic E-state index is 13.1. The van der Waals surface area contributed by atoms with Crippen molar-refractivity contribution in [3.8, 4) is 11.5 Å². The van der Waals surface area contributed by atoms with Gasteiger partial charge in [-0.3, -0.25) is 4.79 Å². The number of nitrogens with zero attached hydrogens (tertiary/aromatic N) is 4. The minimum Gasteiger partial charge on any atom is -0.486 e. The highest BCUT2D eigenvalue weighted by molar-refractivity contribution is 5.90. The van der Waals surface area contributed by atoms with Crippen LogP contribution in [0.2, 0.25) is 0 Å². The zero-order chi connectivity index (χ0) is 22.9. The Morgan fingerprint density at radius 1 is 1.06 bits per heavy atom. The lowest BCUT2D eigenvalue weighted by Gasteiger charge is -2.18. The van der Waals surface area contributed by atoms with Gasteiger partial charge in [0.2, 0.25) is 11.9 Å². The number of hydrogen-bond acceptors (Lipinski definition) is 7. The van der Waals surface area contributed by atoms with Crippen molar-refractivity contribution in [1.29, 1.82) is 0 Å². The summed E-state index contributed by atoms with van der Waals surface area (Å²) in [6.45, 7) is 4.47. The summed E-state index contributed by atoms with van der Waals surface area (Å²) in [4.78, 5) is 30.2. The highest BCUT2D eigenvalue weighted by Gasteiger charge is 2.17. The second kappa shape index (κ2) is 8.30. The molecule has 168 valence electrons. The molecule has 0 spiro atoms. The number of anilines is 3. The number of carbonyl (C=O) groups is 1. The van der Waals surface area contributed by atoms with Gasteiger partial charge in [-0.2, -0.15) is 0 Å². The Balaban J connectivity index is 1.41. The Morgan fingerprint density at radius 3 is 2.67 bits per heavy atom. The Kier molecular flexibility index (Phi) is 5.17. The summed E-state index contributed by atoms with van der Waals surface area (Å²) in [6.07, 6.45) is 0. The molecule has 5 rings (SSSR count). The van der Waals surface area contributed by atoms with Crippen molar-refractivity contribution < 1.29 is 14.3 Å². The zero-order valence-electron chi connectivity index (χ0n) is 18.2. The summed E-state index contributed by atoms with van der Waals surface area (Å²) in [5.41, 5.74) is 3.00. The molecule has 1 aliphatic heterocycles. The number of aromatic nitrogens is 4. The summed E-state index contributed by atoms with van der Waals surface area (Å²) in [7, 11) is 0. The minimum atomic E-state index is -0.467. The SMILES string of the molecule is Cc1cc2nn(CC(=O)Nc3ccc4c(c3)OCCO4)c(=O)n2c(Nc2ccccc2C)n1. The molecular formula is C23H22N6O4. The monoisotopic (exact) mass is 446 g/mol. The third-order valence-electron chi connectivity index (χ3n) is 5.21. The average molecular weight is 446 g/mol. The number of nitrogens with one attached hydrogen (secondary N) is 2. The predicted octanol–water partition coefficient (Wildman–Crippen LogP) is 2.66. The quantitative estimate of drug-likeness (QED) is 0.485. The number of hydrogen-bond donors (Lipinski definition) is 2. The molecule has 0 fully saturated rings. The van der Waals surface area contributed by atoms with E-state index in [0.29, 0.717) is 47.7 Å². The third kappa shape index (κ3) is 4.10. The number of fused-ring (bicyclic) bond motifs is 2. The molecule has 4 aromatic rings. The molecule has 2 aromatic carbocycles. The van der Waals surface area contributed by atoms with Crippen LogP contribution in [-0.4, -0.2) is 38.3 Å². The van der Waals surface area contributed by atoms with Gasteiger partial charge >= 0.3 is 5.69 Å². The zero-order valence-corrected chi connectivity index (χ0v) is 18.2. The number of para-hydroxylation sites is 1. The molecule has 1 amide bonds. The fourth-order valence-electron chi connectivity index (χ4n) is 3.63. The van der Waals surface area contributed by atoms with E-state index in [2.05, 4.69) is 20.7 Å². The smallest absolute Gasteiger partial charge is 0.353 e. The van der Waals surface area contributed by atoms with Crippen LogP contribution in [0.25, 0.3) is 5.65 Å². The van der Waals surface area contributed by atoms with Gasteiger partial charge in [0, 0.05) is 29.2 Å². The number of aryl methyl sites for hydroxylation is 2. The Labute approximate surface area is 188 Å². The van der Waals surface area contributed by atoms with Gasteiger partial charge in [0.1, 0.15) is 19.8 Å². The van der Waals surface area contributed by atoms with Crippen LogP contribution in [0, 0.1) is 13.8 Å². The molecule has 10 nitrogen and oxygen atoms in total. The summed E-state index contributed by atoms with van der Waals surface area (Å²) in [5.74, 6) is 1.14. The van der Waals surface area contributed by atoms with Gasteiger partial charge in [-0.1, -0.05) is 18.2 Å². The van der Waals surface area contributed by atoms with E-state index in [-0.39, 0.29) is 6.54 Å². The van der Waals surface area contributed by atoms with Crippen molar-refractivity contribution in [2.45, 2.75) is 20.4 Å². The first-order valence-electron chi connectivity index (χ1n) is 10.5. The molecule has 0 atom stereocenters. The van der Waals surface area contributed by atoms with Crippen molar-refractivity contribution in [2.75, 3.05) is 23.8 Å². The number of benzene rings is 2. The molecule has 0 bridgehead atoms. The van der Waals surface area contributed by atoms with Crippen molar-refractivity contribution in [1.82, 2.24) is 19.2 Å². The highest BCUT2D eigenvalue weighted by atomic mass is 16.6. The van der Waals surface area contributed by atoms with Crippen LogP contribution >= 0.6 is 0 Å². The minimum absolute atomic E-state index is 0.252. The van der Waals surface area contributed by atoms with Crippen LogP contribution in [0.5, 0.6) is 11.5 Å². The molecule has 1 aliphatic rings. The van der Waals surface area contributed by atoms with E-state index in [1.165, 1.54) is 4.40 Å². The van der Waals surface area contributed by atoms with Crippen LogP contribution in [-0.2, 0) is 11.3 Å². The maximum Gasteiger partial charge on any atom is 0.353 e. The maximum atomic E-state index is 13.1. The average Bonchev–Trinajstić information content (AvgIpc) is 3.10. The molecular weight excluding hydrogens is 424 g/mol. The Bertz CT molecular complexity index is 1420. The molecule has 0 aliphatic carbocycles. The number of ether oxygens (including phenoxy) is 2. The fourth-order valence-corrected chi connectivity index (χ4v) is 3.63. The molecule has 2 N–H and O–H groups in total. The van der Waals surface area contributed by atoms with Crippen LogP contribution in [0.15, 0.2) is 53.3 Å². The largest absolute Gasteiger partial charge is 0.486 e. The van der Waals surface area contributed by atoms with Gasteiger partial charge in [0.05, 0.1) is 0 Å². The summed E-state index contributed by atoms with van der Waals surface area (Å²) in [5, 5.41) is 10.3. The molecule has 10 heteroatoms. The molecule has 3 heterocycles. The van der Waals surface area contributed by atoms with E-state index in [9.17, 15) is 9.59 Å². The molecule has 0 saturated heterocycles. The number of carbonyl (C=O) groups excluding carboxylic acids is 1. The van der Waals surface area contributed by atoms with Gasteiger partial charge in [-0.25, -0.2) is 18.9 Å². The normalized spacial score (nSPS) is 12.5. The van der Waals surface area contributed by atoms with Crippen LogP contribution in [0.1, 0.15) is 11.3 Å². The van der Waals surface area contributed by atoms with Crippen LogP contribution in [0.4, 0.5) is 17.3 Å². The highest BCUT2D eigenvalue weighted by Crippen LogP contribution is 2.32. The number of amides is 1. The first kappa shape index (κ1) is 20.6. The third-order valence-corrected chi connectivity index (χ3v) is 5.21. The van der Waals surface area contributed by atoms with Gasteiger partial charge in [0.25, 0.3) is 0 Å². The molecule has 33 heavy (non-hydrogen) atoms. The molecule has 0 saturated carbocycles. The van der Waals surface area contributed by atoms with Gasteiger partial charge in [0.15, 0.2) is 17.1 Å². The van der Waals surface area contributed by atoms with Crippen molar-refractivity contribution >= 4 is 28.9 Å². The van der Waals surface area contributed by atoms with E-state index in [1.54, 1.807) is 24.3 Å². The van der Waals surface area contributed by atoms with Crippen LogP contribution in [0.3, 0.4) is 0 Å². The lowest BCUT2D eigenvalue weighted by Crippen LogP contribution is -2.29. The lowest BCUT2D eigenvalue weighted by atomic mass is 10.2. The van der Waals surface area contributed by atoms with Gasteiger partial charge < -0.3 is 20.1 Å². The second-order valence-electron chi connectivity index (χ2n) is 7.70. The lowest BCUT2D eigenvalue weighted by molar-refractivity contribution is -0.117. The van der Waals surface area contributed by atoms with E-state index >= 15 is 0 Å². The van der Waals surface area contributed by atoms with E-state index in [1.807, 2.05) is 38.1 Å². The second-order valence-corrected chi connectivity index (χ2v) is 7.70. The van der Waals surface area contributed by atoms with E-state index < -0.39 is 11.6 Å². The topological polar surface area (TPSA) is 112 Å². The van der Waals surface area contributed by atoms with Crippen molar-refractivity contribution in [3.63, 3.8) is 0 Å². The van der Waals surface area contributed by atoms with Gasteiger partial charge in [-0.05, 0) is 37.6 Å². The molecule has 2 aromatic heterocycles. The summed E-state index contributed by atoms with van der Waals surface area (Å²) in [6, 6.07) is 14.5. The van der Waals surface area contributed by atoms with Crippen molar-refractivity contribution in [3.05, 3.63) is 70.3 Å². The summed E-state index contributed by atoms with van der Waals surface area (Å²) >= 11 is 0. The Morgan fingerprint density at radius 2 is 1.85 bits per heavy atom. The first-order valence-corrected chi connectivity index (χ1v) is 10.5. The fraction of sp³-hybridized carbons (Fsp3) is 0.217. The van der Waals surface area contributed by atoms with E-state index in [0.717, 1.165) is 15.9 Å². The van der Waals surface area contributed by atoms with E-state index in [4.69, 9.17) is 9.47 Å². The number of rotatable bonds is 5.